The van der Waals surface area contributed by atoms with Gasteiger partial charge in [0.2, 0.25) is 0 Å². The number of ether oxygens (including phenoxy) is 1. The Hall–Kier alpha value is -0.500. The number of rotatable bonds is 3. The Kier molecular flexibility index (Phi) is 3.79. The molecule has 0 spiro atoms. The Morgan fingerprint density at radius 2 is 1.92 bits per heavy atom. The van der Waals surface area contributed by atoms with Crippen molar-refractivity contribution in [2.75, 3.05) is 20.2 Å². The van der Waals surface area contributed by atoms with Gasteiger partial charge in [-0.05, 0) is 18.8 Å². The van der Waals surface area contributed by atoms with Crippen molar-refractivity contribution in [3.05, 3.63) is 12.3 Å². The Labute approximate surface area is 81.6 Å². The molecule has 0 aromatic carbocycles. The van der Waals surface area contributed by atoms with Crippen LogP contribution in [-0.4, -0.2) is 31.2 Å². The molecule has 0 bridgehead atoms. The summed E-state index contributed by atoms with van der Waals surface area (Å²) >= 11 is 0. The molecule has 0 aromatic rings. The van der Waals surface area contributed by atoms with Crippen molar-refractivity contribution in [2.45, 2.75) is 32.8 Å². The van der Waals surface area contributed by atoms with Gasteiger partial charge >= 0.3 is 0 Å². The minimum atomic E-state index is 0.469. The second kappa shape index (κ2) is 4.66. The first kappa shape index (κ1) is 10.6. The van der Waals surface area contributed by atoms with E-state index in [1.807, 2.05) is 0 Å². The highest BCUT2D eigenvalue weighted by atomic mass is 16.5. The van der Waals surface area contributed by atoms with Crippen molar-refractivity contribution in [1.29, 1.82) is 0 Å². The fraction of sp³-hybridized carbons (Fsp3) is 0.818. The van der Waals surface area contributed by atoms with E-state index in [1.54, 1.807) is 7.11 Å². The highest BCUT2D eigenvalue weighted by molar-refractivity contribution is 4.98. The molecule has 0 unspecified atom stereocenters. The topological polar surface area (TPSA) is 12.5 Å². The van der Waals surface area contributed by atoms with Gasteiger partial charge in [-0.1, -0.05) is 20.4 Å². The maximum Gasteiger partial charge on any atom is 0.0605 e. The lowest BCUT2D eigenvalue weighted by Crippen LogP contribution is -2.36. The molecule has 0 saturated carbocycles. The summed E-state index contributed by atoms with van der Waals surface area (Å²) in [6.45, 7) is 10.7. The summed E-state index contributed by atoms with van der Waals surface area (Å²) in [6, 6.07) is 0. The quantitative estimate of drug-likeness (QED) is 0.665. The summed E-state index contributed by atoms with van der Waals surface area (Å²) in [5.41, 5.74) is 1.27. The third kappa shape index (κ3) is 2.73. The van der Waals surface area contributed by atoms with Gasteiger partial charge in [0.15, 0.2) is 0 Å². The third-order valence-corrected chi connectivity index (χ3v) is 2.85. The second-order valence-electron chi connectivity index (χ2n) is 4.07. The van der Waals surface area contributed by atoms with Crippen LogP contribution in [-0.2, 0) is 4.74 Å². The molecule has 0 atom stereocenters. The van der Waals surface area contributed by atoms with Gasteiger partial charge in [0.25, 0.3) is 0 Å². The normalized spacial score (nSPS) is 19.5. The summed E-state index contributed by atoms with van der Waals surface area (Å²) in [5.74, 6) is 0.569. The molecule has 0 amide bonds. The van der Waals surface area contributed by atoms with Crippen LogP contribution in [0.2, 0.25) is 0 Å². The molecule has 1 aliphatic heterocycles. The fourth-order valence-electron chi connectivity index (χ4n) is 1.74. The third-order valence-electron chi connectivity index (χ3n) is 2.85. The van der Waals surface area contributed by atoms with Gasteiger partial charge in [-0.15, -0.1) is 0 Å². The van der Waals surface area contributed by atoms with Crippen LogP contribution in [0.1, 0.15) is 26.7 Å². The lowest BCUT2D eigenvalue weighted by atomic mass is 10.0. The molecule has 1 aliphatic rings. The predicted octanol–water partition coefficient (Wildman–Crippen LogP) is 2.27. The number of hydrogen-bond acceptors (Lipinski definition) is 2. The first-order valence-corrected chi connectivity index (χ1v) is 5.11. The second-order valence-corrected chi connectivity index (χ2v) is 4.07. The first-order chi connectivity index (χ1) is 6.15. The SMILES string of the molecule is C=C(C(C)C)N1CCC(OC)CC1. The number of hydrogen-bond donors (Lipinski definition) is 0. The zero-order valence-electron chi connectivity index (χ0n) is 9.05. The van der Waals surface area contributed by atoms with Crippen molar-refractivity contribution in [2.24, 2.45) is 5.92 Å². The van der Waals surface area contributed by atoms with E-state index in [1.165, 1.54) is 5.70 Å². The van der Waals surface area contributed by atoms with E-state index < -0.39 is 0 Å². The summed E-state index contributed by atoms with van der Waals surface area (Å²) in [6.07, 6.45) is 2.75. The summed E-state index contributed by atoms with van der Waals surface area (Å²) in [5, 5.41) is 0. The van der Waals surface area contributed by atoms with Crippen LogP contribution < -0.4 is 0 Å². The molecule has 0 aliphatic carbocycles. The van der Waals surface area contributed by atoms with Crippen LogP contribution in [0.15, 0.2) is 12.3 Å². The van der Waals surface area contributed by atoms with E-state index >= 15 is 0 Å². The zero-order valence-corrected chi connectivity index (χ0v) is 9.05. The molecule has 0 aromatic heterocycles. The van der Waals surface area contributed by atoms with Gasteiger partial charge in [0.1, 0.15) is 0 Å². The number of likely N-dealkylation sites (tertiary alicyclic amines) is 1. The van der Waals surface area contributed by atoms with Gasteiger partial charge in [0, 0.05) is 25.9 Å². The molecule has 0 radical (unpaired) electrons. The number of methoxy groups -OCH3 is 1. The van der Waals surface area contributed by atoms with Gasteiger partial charge < -0.3 is 9.64 Å². The average Bonchev–Trinajstić information content (AvgIpc) is 2.17. The number of nitrogens with zero attached hydrogens (tertiary/aromatic N) is 1. The molecule has 1 fully saturated rings. The zero-order chi connectivity index (χ0) is 9.84. The van der Waals surface area contributed by atoms with Crippen molar-refractivity contribution < 1.29 is 4.74 Å². The Morgan fingerprint density at radius 3 is 2.31 bits per heavy atom. The minimum Gasteiger partial charge on any atom is -0.381 e. The molecule has 76 valence electrons. The molecule has 0 N–H and O–H groups in total. The van der Waals surface area contributed by atoms with Crippen molar-refractivity contribution in [3.63, 3.8) is 0 Å². The highest BCUT2D eigenvalue weighted by Gasteiger charge is 2.20. The Balaban J connectivity index is 2.36. The van der Waals surface area contributed by atoms with E-state index in [9.17, 15) is 0 Å². The fourth-order valence-corrected chi connectivity index (χ4v) is 1.74. The van der Waals surface area contributed by atoms with E-state index in [4.69, 9.17) is 4.74 Å². The highest BCUT2D eigenvalue weighted by Crippen LogP contribution is 2.20. The molecular weight excluding hydrogens is 162 g/mol. The maximum absolute atomic E-state index is 5.32. The summed E-state index contributed by atoms with van der Waals surface area (Å²) in [4.78, 5) is 2.39. The van der Waals surface area contributed by atoms with E-state index in [0.29, 0.717) is 12.0 Å². The monoisotopic (exact) mass is 183 g/mol. The molecule has 1 heterocycles. The van der Waals surface area contributed by atoms with Crippen molar-refractivity contribution in [1.82, 2.24) is 4.90 Å². The van der Waals surface area contributed by atoms with Crippen LogP contribution >= 0.6 is 0 Å². The predicted molar refractivity (Wildman–Crippen MR) is 55.6 cm³/mol. The molecule has 1 rings (SSSR count). The van der Waals surface area contributed by atoms with Gasteiger partial charge in [-0.3, -0.25) is 0 Å². The summed E-state index contributed by atoms with van der Waals surface area (Å²) < 4.78 is 5.32. The smallest absolute Gasteiger partial charge is 0.0605 e. The van der Waals surface area contributed by atoms with Gasteiger partial charge in [0.05, 0.1) is 6.10 Å². The van der Waals surface area contributed by atoms with E-state index in [2.05, 4.69) is 25.3 Å². The standard InChI is InChI=1S/C11H21NO/c1-9(2)10(3)12-7-5-11(13-4)6-8-12/h9,11H,3,5-8H2,1-2,4H3. The van der Waals surface area contributed by atoms with Crippen molar-refractivity contribution in [3.8, 4) is 0 Å². The lowest BCUT2D eigenvalue weighted by Gasteiger charge is -2.35. The molecule has 13 heavy (non-hydrogen) atoms. The summed E-state index contributed by atoms with van der Waals surface area (Å²) in [7, 11) is 1.80. The van der Waals surface area contributed by atoms with Crippen molar-refractivity contribution >= 4 is 0 Å². The average molecular weight is 183 g/mol. The molecule has 1 saturated heterocycles. The largest absolute Gasteiger partial charge is 0.381 e. The number of piperidine rings is 1. The van der Waals surface area contributed by atoms with E-state index in [0.717, 1.165) is 25.9 Å². The van der Waals surface area contributed by atoms with Crippen LogP contribution in [0.5, 0.6) is 0 Å². The van der Waals surface area contributed by atoms with Gasteiger partial charge in [-0.2, -0.15) is 0 Å². The van der Waals surface area contributed by atoms with Crippen LogP contribution in [0.3, 0.4) is 0 Å². The lowest BCUT2D eigenvalue weighted by molar-refractivity contribution is 0.0482. The number of allylic oxidation sites excluding steroid dienone is 1. The van der Waals surface area contributed by atoms with E-state index in [-0.39, 0.29) is 0 Å². The minimum absolute atomic E-state index is 0.469. The Bertz CT molecular complexity index is 169. The van der Waals surface area contributed by atoms with Crippen LogP contribution in [0.4, 0.5) is 0 Å². The molecule has 2 heteroatoms. The maximum atomic E-state index is 5.32. The first-order valence-electron chi connectivity index (χ1n) is 5.11. The Morgan fingerprint density at radius 1 is 1.38 bits per heavy atom. The van der Waals surface area contributed by atoms with Gasteiger partial charge in [-0.25, -0.2) is 0 Å². The molecular formula is C11H21NO. The molecule has 2 nitrogen and oxygen atoms in total. The van der Waals surface area contributed by atoms with Crippen LogP contribution in [0.25, 0.3) is 0 Å². The van der Waals surface area contributed by atoms with Crippen LogP contribution in [0, 0.1) is 5.92 Å².